The van der Waals surface area contributed by atoms with Gasteiger partial charge >= 0.3 is 0 Å². The molecule has 10 nitrogen and oxygen atoms in total. The van der Waals surface area contributed by atoms with Crippen LogP contribution >= 0.6 is 0 Å². The zero-order valence-electron chi connectivity index (χ0n) is 25.4. The van der Waals surface area contributed by atoms with Crippen LogP contribution < -0.4 is 26.0 Å². The Morgan fingerprint density at radius 3 is 2.49 bits per heavy atom. The van der Waals surface area contributed by atoms with Gasteiger partial charge in [0.1, 0.15) is 11.4 Å². The van der Waals surface area contributed by atoms with Gasteiger partial charge < -0.3 is 30.9 Å². The summed E-state index contributed by atoms with van der Waals surface area (Å²) in [5.41, 5.74) is 10.9. The number of rotatable bonds is 11. The number of carbonyl (C=O) groups is 1. The molecule has 2 aromatic carbocycles. The first-order chi connectivity index (χ1) is 19.3. The van der Waals surface area contributed by atoms with Crippen molar-refractivity contribution < 1.29 is 9.53 Å². The predicted octanol–water partition coefficient (Wildman–Crippen LogP) is 4.93. The lowest BCUT2D eigenvalue weighted by atomic mass is 9.87. The number of nitrogens with zero attached hydrogens (tertiary/aromatic N) is 5. The highest BCUT2D eigenvalue weighted by atomic mass is 16.5. The van der Waals surface area contributed by atoms with Gasteiger partial charge in [0.25, 0.3) is 5.91 Å². The van der Waals surface area contributed by atoms with E-state index in [2.05, 4.69) is 52.9 Å². The first-order valence-corrected chi connectivity index (χ1v) is 13.4. The largest absolute Gasteiger partial charge is 0.495 e. The Kier molecular flexibility index (Phi) is 10.1. The van der Waals surface area contributed by atoms with E-state index in [1.54, 1.807) is 25.4 Å². The molecular formula is C31H42N8O2. The van der Waals surface area contributed by atoms with E-state index >= 15 is 0 Å². The number of likely N-dealkylation sites (N-methyl/N-ethyl adjacent to an activating group) is 2. The van der Waals surface area contributed by atoms with Gasteiger partial charge in [0.15, 0.2) is 5.84 Å². The summed E-state index contributed by atoms with van der Waals surface area (Å²) in [6.45, 7) is 13.6. The van der Waals surface area contributed by atoms with Crippen LogP contribution in [0, 0.1) is 6.92 Å². The number of aliphatic imine (C=N–C) groups is 1. The molecule has 0 radical (unpaired) electrons. The molecule has 0 unspecified atom stereocenters. The van der Waals surface area contributed by atoms with E-state index in [0.29, 0.717) is 40.0 Å². The predicted molar refractivity (Wildman–Crippen MR) is 169 cm³/mol. The van der Waals surface area contributed by atoms with Crippen LogP contribution in [0.5, 0.6) is 5.75 Å². The summed E-state index contributed by atoms with van der Waals surface area (Å²) in [7, 11) is 7.53. The Bertz CT molecular complexity index is 1430. The lowest BCUT2D eigenvalue weighted by molar-refractivity contribution is 0.102. The van der Waals surface area contributed by atoms with E-state index in [4.69, 9.17) is 15.5 Å². The van der Waals surface area contributed by atoms with Gasteiger partial charge in [-0.25, -0.2) is 15.0 Å². The van der Waals surface area contributed by atoms with Crippen molar-refractivity contribution in [3.63, 3.8) is 0 Å². The lowest BCUT2D eigenvalue weighted by Crippen LogP contribution is -2.30. The topological polar surface area (TPSA) is 121 Å². The van der Waals surface area contributed by atoms with E-state index in [0.717, 1.165) is 24.2 Å². The molecular weight excluding hydrogens is 516 g/mol. The number of nitrogens with two attached hydrogens (primary N) is 1. The highest BCUT2D eigenvalue weighted by molar-refractivity contribution is 6.06. The average Bonchev–Trinajstić information content (AvgIpc) is 2.92. The molecule has 218 valence electrons. The smallest absolute Gasteiger partial charge is 0.255 e. The van der Waals surface area contributed by atoms with Gasteiger partial charge in [-0.05, 0) is 68.0 Å². The summed E-state index contributed by atoms with van der Waals surface area (Å²) >= 11 is 0. The Balaban J connectivity index is 1.95. The number of amidine groups is 1. The number of ether oxygens (including phenoxy) is 1. The summed E-state index contributed by atoms with van der Waals surface area (Å²) in [6.07, 6.45) is 3.19. The van der Waals surface area contributed by atoms with Crippen molar-refractivity contribution in [2.75, 3.05) is 56.9 Å². The average molecular weight is 559 g/mol. The fourth-order valence-corrected chi connectivity index (χ4v) is 3.94. The van der Waals surface area contributed by atoms with Crippen LogP contribution in [-0.2, 0) is 5.41 Å². The number of carbonyl (C=O) groups excluding carboxylic acids is 1. The third-order valence-corrected chi connectivity index (χ3v) is 6.53. The van der Waals surface area contributed by atoms with Gasteiger partial charge in [0.2, 0.25) is 5.95 Å². The fourth-order valence-electron chi connectivity index (χ4n) is 3.94. The summed E-state index contributed by atoms with van der Waals surface area (Å²) < 4.78 is 5.49. The van der Waals surface area contributed by atoms with Gasteiger partial charge in [0, 0.05) is 25.7 Å². The van der Waals surface area contributed by atoms with Gasteiger partial charge in [0.05, 0.1) is 30.4 Å². The highest BCUT2D eigenvalue weighted by Gasteiger charge is 2.19. The second-order valence-corrected chi connectivity index (χ2v) is 11.1. The molecule has 0 saturated heterocycles. The molecule has 0 fully saturated rings. The standard InChI is InChI=1S/C31H42N8O2/c1-10-33-25-19-34-30(39(8)16-15-38(6)7)37-27(25)28(32)35-23-17-21(12-11-20(23)2)29(40)36-24-18-22(31(3,4)5)13-14-26(24)41-9/h10-14,17-19,33H,1,15-16H2,2-9H3,(H2,32,35)(H,36,40). The van der Waals surface area contributed by atoms with Crippen molar-refractivity contribution >= 4 is 34.8 Å². The molecule has 0 bridgehead atoms. The number of benzene rings is 2. The quantitative estimate of drug-likeness (QED) is 0.224. The van der Waals surface area contributed by atoms with Crippen molar-refractivity contribution in [3.05, 3.63) is 77.8 Å². The number of nitrogens with one attached hydrogen (secondary N) is 2. The zero-order valence-corrected chi connectivity index (χ0v) is 25.4. The summed E-state index contributed by atoms with van der Waals surface area (Å²) in [4.78, 5) is 31.2. The van der Waals surface area contributed by atoms with E-state index in [9.17, 15) is 4.79 Å². The number of hydrogen-bond donors (Lipinski definition) is 3. The number of aryl methyl sites for hydroxylation is 1. The number of hydrogen-bond acceptors (Lipinski definition) is 8. The highest BCUT2D eigenvalue weighted by Crippen LogP contribution is 2.32. The summed E-state index contributed by atoms with van der Waals surface area (Å²) in [6, 6.07) is 11.1. The number of aromatic nitrogens is 2. The molecule has 0 saturated carbocycles. The van der Waals surface area contributed by atoms with E-state index in [-0.39, 0.29) is 17.2 Å². The second kappa shape index (κ2) is 13.3. The Morgan fingerprint density at radius 1 is 1.12 bits per heavy atom. The van der Waals surface area contributed by atoms with Crippen molar-refractivity contribution in [1.82, 2.24) is 14.9 Å². The number of amides is 1. The molecule has 1 heterocycles. The summed E-state index contributed by atoms with van der Waals surface area (Å²) in [5.74, 6) is 0.994. The lowest BCUT2D eigenvalue weighted by Gasteiger charge is -2.21. The molecule has 41 heavy (non-hydrogen) atoms. The van der Waals surface area contributed by atoms with Crippen LogP contribution in [0.1, 0.15) is 48.0 Å². The molecule has 1 aromatic heterocycles. The molecule has 1 amide bonds. The maximum Gasteiger partial charge on any atom is 0.255 e. The van der Waals surface area contributed by atoms with Crippen LogP contribution in [0.3, 0.4) is 0 Å². The number of anilines is 3. The minimum atomic E-state index is -0.287. The molecule has 10 heteroatoms. The van der Waals surface area contributed by atoms with E-state index in [1.165, 1.54) is 6.20 Å². The van der Waals surface area contributed by atoms with Crippen LogP contribution in [0.25, 0.3) is 0 Å². The molecule has 4 N–H and O–H groups in total. The monoisotopic (exact) mass is 558 g/mol. The molecule has 3 rings (SSSR count). The van der Waals surface area contributed by atoms with Crippen molar-refractivity contribution in [2.45, 2.75) is 33.1 Å². The third-order valence-electron chi connectivity index (χ3n) is 6.53. The van der Waals surface area contributed by atoms with Gasteiger partial charge in [-0.3, -0.25) is 4.79 Å². The van der Waals surface area contributed by atoms with Crippen molar-refractivity contribution in [3.8, 4) is 5.75 Å². The van der Waals surface area contributed by atoms with Crippen molar-refractivity contribution in [2.24, 2.45) is 10.7 Å². The van der Waals surface area contributed by atoms with E-state index < -0.39 is 0 Å². The zero-order chi connectivity index (χ0) is 30.3. The fraction of sp³-hybridized carbons (Fsp3) is 0.355. The first-order valence-electron chi connectivity index (χ1n) is 13.4. The minimum absolute atomic E-state index is 0.0870. The van der Waals surface area contributed by atoms with Crippen LogP contribution in [0.15, 0.2) is 60.4 Å². The third kappa shape index (κ3) is 8.04. The second-order valence-electron chi connectivity index (χ2n) is 11.1. The minimum Gasteiger partial charge on any atom is -0.495 e. The molecule has 0 aliphatic heterocycles. The van der Waals surface area contributed by atoms with Crippen LogP contribution in [0.2, 0.25) is 0 Å². The number of methoxy groups -OCH3 is 1. The molecule has 0 atom stereocenters. The van der Waals surface area contributed by atoms with E-state index in [1.807, 2.05) is 57.2 Å². The Labute approximate surface area is 243 Å². The Morgan fingerprint density at radius 2 is 1.85 bits per heavy atom. The van der Waals surface area contributed by atoms with Crippen LogP contribution in [0.4, 0.5) is 23.0 Å². The first kappa shape index (κ1) is 31.1. The SMILES string of the molecule is C=CNc1cnc(N(C)CCN(C)C)nc1C(N)=Nc1cc(C(=O)Nc2cc(C(C)(C)C)ccc2OC)ccc1C. The maximum absolute atomic E-state index is 13.3. The molecule has 0 aliphatic carbocycles. The molecule has 3 aromatic rings. The van der Waals surface area contributed by atoms with Crippen LogP contribution in [-0.4, -0.2) is 68.0 Å². The maximum atomic E-state index is 13.3. The summed E-state index contributed by atoms with van der Waals surface area (Å²) in [5, 5.41) is 6.03. The van der Waals surface area contributed by atoms with Gasteiger partial charge in [-0.15, -0.1) is 0 Å². The van der Waals surface area contributed by atoms with Crippen molar-refractivity contribution in [1.29, 1.82) is 0 Å². The molecule has 0 spiro atoms. The van der Waals surface area contributed by atoms with Gasteiger partial charge in [-0.2, -0.15) is 0 Å². The normalized spacial score (nSPS) is 11.8. The molecule has 0 aliphatic rings. The Hall–Kier alpha value is -4.44. The van der Waals surface area contributed by atoms with Gasteiger partial charge in [-0.1, -0.05) is 39.5 Å².